The Morgan fingerprint density at radius 2 is 1.88 bits per heavy atom. The second kappa shape index (κ2) is 6.79. The lowest BCUT2D eigenvalue weighted by atomic mass is 10.3. The summed E-state index contributed by atoms with van der Waals surface area (Å²) in [5, 5.41) is 16.9. The molecular formula is C11H17N3O2. The van der Waals surface area contributed by atoms with Crippen molar-refractivity contribution in [3.8, 4) is 0 Å². The Hall–Kier alpha value is -1.62. The molecule has 0 aromatic heterocycles. The van der Waals surface area contributed by atoms with Gasteiger partial charge < -0.3 is 10.6 Å². The number of benzene rings is 1. The molecule has 0 aliphatic rings. The molecule has 0 saturated heterocycles. The molecule has 0 saturated carbocycles. The summed E-state index contributed by atoms with van der Waals surface area (Å²) >= 11 is 0. The Kier molecular flexibility index (Phi) is 5.28. The van der Waals surface area contributed by atoms with E-state index in [1.165, 1.54) is 12.1 Å². The van der Waals surface area contributed by atoms with Crippen LogP contribution in [-0.2, 0) is 0 Å². The molecule has 0 heterocycles. The molecule has 0 radical (unpaired) electrons. The molecule has 0 bridgehead atoms. The molecule has 2 N–H and O–H groups in total. The quantitative estimate of drug-likeness (QED) is 0.421. The van der Waals surface area contributed by atoms with Crippen LogP contribution in [0.15, 0.2) is 24.3 Å². The number of non-ortho nitro benzene ring substituents is 1. The average Bonchev–Trinajstić information content (AvgIpc) is 2.29. The van der Waals surface area contributed by atoms with E-state index < -0.39 is 4.92 Å². The highest BCUT2D eigenvalue weighted by Crippen LogP contribution is 2.14. The van der Waals surface area contributed by atoms with E-state index in [2.05, 4.69) is 17.6 Å². The fourth-order valence-corrected chi connectivity index (χ4v) is 1.30. The average molecular weight is 223 g/mol. The summed E-state index contributed by atoms with van der Waals surface area (Å²) in [6.07, 6.45) is 1.12. The molecule has 1 aromatic carbocycles. The van der Waals surface area contributed by atoms with Gasteiger partial charge in [0.2, 0.25) is 0 Å². The van der Waals surface area contributed by atoms with Gasteiger partial charge in [-0.15, -0.1) is 0 Å². The van der Waals surface area contributed by atoms with Crippen molar-refractivity contribution >= 4 is 11.4 Å². The summed E-state index contributed by atoms with van der Waals surface area (Å²) in [4.78, 5) is 10.0. The van der Waals surface area contributed by atoms with E-state index in [1.54, 1.807) is 12.1 Å². The zero-order valence-corrected chi connectivity index (χ0v) is 9.40. The maximum atomic E-state index is 10.4. The molecule has 1 aromatic rings. The SMILES string of the molecule is CCCNCCNc1ccc([N+](=O)[O-])cc1. The van der Waals surface area contributed by atoms with Crippen LogP contribution in [0.2, 0.25) is 0 Å². The third-order valence-electron chi connectivity index (χ3n) is 2.14. The van der Waals surface area contributed by atoms with Gasteiger partial charge in [-0.05, 0) is 25.1 Å². The van der Waals surface area contributed by atoms with Gasteiger partial charge in [0.1, 0.15) is 0 Å². The summed E-state index contributed by atoms with van der Waals surface area (Å²) in [6, 6.07) is 6.44. The fourth-order valence-electron chi connectivity index (χ4n) is 1.30. The normalized spacial score (nSPS) is 10.1. The predicted molar refractivity (Wildman–Crippen MR) is 64.7 cm³/mol. The van der Waals surface area contributed by atoms with Crippen LogP contribution in [0.1, 0.15) is 13.3 Å². The lowest BCUT2D eigenvalue weighted by Crippen LogP contribution is -2.22. The van der Waals surface area contributed by atoms with Crippen molar-refractivity contribution in [2.45, 2.75) is 13.3 Å². The molecule has 0 aliphatic carbocycles. The highest BCUT2D eigenvalue weighted by Gasteiger charge is 2.02. The molecule has 0 amide bonds. The highest BCUT2D eigenvalue weighted by molar-refractivity contribution is 5.48. The minimum absolute atomic E-state index is 0.120. The number of nitrogens with one attached hydrogen (secondary N) is 2. The van der Waals surface area contributed by atoms with Crippen molar-refractivity contribution in [1.82, 2.24) is 5.32 Å². The Balaban J connectivity index is 2.29. The summed E-state index contributed by atoms with van der Waals surface area (Å²) < 4.78 is 0. The van der Waals surface area contributed by atoms with E-state index >= 15 is 0 Å². The molecule has 0 fully saturated rings. The Bertz CT molecular complexity index is 325. The summed E-state index contributed by atoms with van der Waals surface area (Å²) in [6.45, 7) is 4.85. The van der Waals surface area contributed by atoms with Crippen LogP contribution < -0.4 is 10.6 Å². The van der Waals surface area contributed by atoms with Crippen molar-refractivity contribution in [2.24, 2.45) is 0 Å². The first kappa shape index (κ1) is 12.4. The first-order chi connectivity index (χ1) is 7.74. The van der Waals surface area contributed by atoms with Crippen LogP contribution in [0.5, 0.6) is 0 Å². The largest absolute Gasteiger partial charge is 0.384 e. The van der Waals surface area contributed by atoms with Crippen LogP contribution >= 0.6 is 0 Å². The molecular weight excluding hydrogens is 206 g/mol. The van der Waals surface area contributed by atoms with Gasteiger partial charge in [-0.25, -0.2) is 0 Å². The zero-order valence-electron chi connectivity index (χ0n) is 9.40. The lowest BCUT2D eigenvalue weighted by Gasteiger charge is -2.06. The van der Waals surface area contributed by atoms with Crippen LogP contribution in [0, 0.1) is 10.1 Å². The van der Waals surface area contributed by atoms with E-state index in [-0.39, 0.29) is 5.69 Å². The van der Waals surface area contributed by atoms with Crippen molar-refractivity contribution in [2.75, 3.05) is 25.0 Å². The van der Waals surface area contributed by atoms with Gasteiger partial charge >= 0.3 is 0 Å². The van der Waals surface area contributed by atoms with Gasteiger partial charge in [0, 0.05) is 30.9 Å². The third-order valence-corrected chi connectivity index (χ3v) is 2.14. The number of hydrogen-bond donors (Lipinski definition) is 2. The van der Waals surface area contributed by atoms with Gasteiger partial charge in [0.05, 0.1) is 4.92 Å². The number of hydrogen-bond acceptors (Lipinski definition) is 4. The number of anilines is 1. The van der Waals surface area contributed by atoms with Crippen molar-refractivity contribution in [1.29, 1.82) is 0 Å². The van der Waals surface area contributed by atoms with Gasteiger partial charge in [-0.1, -0.05) is 6.92 Å². The number of rotatable bonds is 7. The van der Waals surface area contributed by atoms with Crippen molar-refractivity contribution in [3.05, 3.63) is 34.4 Å². The van der Waals surface area contributed by atoms with Crippen LogP contribution in [0.3, 0.4) is 0 Å². The number of nitro groups is 1. The van der Waals surface area contributed by atoms with E-state index in [1.807, 2.05) is 0 Å². The second-order valence-electron chi connectivity index (χ2n) is 3.48. The van der Waals surface area contributed by atoms with E-state index in [4.69, 9.17) is 0 Å². The van der Waals surface area contributed by atoms with Crippen molar-refractivity contribution in [3.63, 3.8) is 0 Å². The topological polar surface area (TPSA) is 67.2 Å². The molecule has 5 heteroatoms. The number of nitro benzene ring substituents is 1. The molecule has 0 spiro atoms. The molecule has 88 valence electrons. The Morgan fingerprint density at radius 3 is 2.44 bits per heavy atom. The fraction of sp³-hybridized carbons (Fsp3) is 0.455. The van der Waals surface area contributed by atoms with Gasteiger partial charge in [-0.2, -0.15) is 0 Å². The molecule has 0 unspecified atom stereocenters. The summed E-state index contributed by atoms with van der Waals surface area (Å²) in [5.41, 5.74) is 1.03. The maximum Gasteiger partial charge on any atom is 0.269 e. The minimum Gasteiger partial charge on any atom is -0.384 e. The smallest absolute Gasteiger partial charge is 0.269 e. The molecule has 1 rings (SSSR count). The minimum atomic E-state index is -0.396. The van der Waals surface area contributed by atoms with E-state index in [0.29, 0.717) is 0 Å². The van der Waals surface area contributed by atoms with Gasteiger partial charge in [-0.3, -0.25) is 10.1 Å². The van der Waals surface area contributed by atoms with Crippen molar-refractivity contribution < 1.29 is 4.92 Å². The second-order valence-corrected chi connectivity index (χ2v) is 3.48. The number of nitrogens with zero attached hydrogens (tertiary/aromatic N) is 1. The predicted octanol–water partition coefficient (Wildman–Crippen LogP) is 2.01. The van der Waals surface area contributed by atoms with Crippen LogP contribution in [-0.4, -0.2) is 24.6 Å². The van der Waals surface area contributed by atoms with E-state index in [9.17, 15) is 10.1 Å². The van der Waals surface area contributed by atoms with Crippen LogP contribution in [0.4, 0.5) is 11.4 Å². The first-order valence-electron chi connectivity index (χ1n) is 5.43. The molecule has 16 heavy (non-hydrogen) atoms. The van der Waals surface area contributed by atoms with Gasteiger partial charge in [0.25, 0.3) is 5.69 Å². The summed E-state index contributed by atoms with van der Waals surface area (Å²) in [5.74, 6) is 0. The zero-order chi connectivity index (χ0) is 11.8. The monoisotopic (exact) mass is 223 g/mol. The van der Waals surface area contributed by atoms with E-state index in [0.717, 1.165) is 31.7 Å². The Morgan fingerprint density at radius 1 is 1.19 bits per heavy atom. The highest BCUT2D eigenvalue weighted by atomic mass is 16.6. The van der Waals surface area contributed by atoms with Gasteiger partial charge in [0.15, 0.2) is 0 Å². The first-order valence-corrected chi connectivity index (χ1v) is 5.43. The summed E-state index contributed by atoms with van der Waals surface area (Å²) in [7, 11) is 0. The lowest BCUT2D eigenvalue weighted by molar-refractivity contribution is -0.384. The third kappa shape index (κ3) is 4.27. The molecule has 0 atom stereocenters. The molecule has 5 nitrogen and oxygen atoms in total. The van der Waals surface area contributed by atoms with Crippen LogP contribution in [0.25, 0.3) is 0 Å². The standard InChI is InChI=1S/C11H17N3O2/c1-2-7-12-8-9-13-10-3-5-11(6-4-10)14(15)16/h3-6,12-13H,2,7-9H2,1H3. The molecule has 0 aliphatic heterocycles. The maximum absolute atomic E-state index is 10.4. The Labute approximate surface area is 95.0 Å².